The van der Waals surface area contributed by atoms with Gasteiger partial charge in [-0.1, -0.05) is 30.3 Å². The molecule has 3 aromatic rings. The second-order valence-electron chi connectivity index (χ2n) is 7.31. The van der Waals surface area contributed by atoms with Crippen LogP contribution >= 0.6 is 11.8 Å². The minimum absolute atomic E-state index is 0.123. The molecule has 0 saturated carbocycles. The molecule has 0 aliphatic heterocycles. The fourth-order valence-electron chi connectivity index (χ4n) is 3.31. The van der Waals surface area contributed by atoms with Crippen molar-refractivity contribution in [1.29, 1.82) is 0 Å². The second-order valence-corrected chi connectivity index (χ2v) is 10.1. The summed E-state index contributed by atoms with van der Waals surface area (Å²) < 4.78 is 33.7. The van der Waals surface area contributed by atoms with Crippen LogP contribution in [-0.2, 0) is 14.8 Å². The molecule has 3 rings (SSSR count). The van der Waals surface area contributed by atoms with Crippen molar-refractivity contribution in [2.24, 2.45) is 0 Å². The van der Waals surface area contributed by atoms with Gasteiger partial charge in [0.2, 0.25) is 5.91 Å². The van der Waals surface area contributed by atoms with Gasteiger partial charge in [0.05, 0.1) is 23.2 Å². The molecule has 1 atom stereocenters. The minimum atomic E-state index is -3.98. The molecule has 1 amide bonds. The number of nitrogens with one attached hydrogen (secondary N) is 1. The predicted molar refractivity (Wildman–Crippen MR) is 133 cm³/mol. The van der Waals surface area contributed by atoms with E-state index in [2.05, 4.69) is 5.32 Å². The minimum Gasteiger partial charge on any atom is -0.494 e. The molecule has 1 N–H and O–H groups in total. The summed E-state index contributed by atoms with van der Waals surface area (Å²) >= 11 is 1.53. The highest BCUT2D eigenvalue weighted by Gasteiger charge is 2.28. The second kappa shape index (κ2) is 11.2. The zero-order chi connectivity index (χ0) is 23.8. The summed E-state index contributed by atoms with van der Waals surface area (Å²) in [6.07, 6.45) is 1.92. The zero-order valence-corrected chi connectivity index (χ0v) is 20.5. The Hall–Kier alpha value is -2.97. The van der Waals surface area contributed by atoms with E-state index in [9.17, 15) is 13.2 Å². The number of carbonyl (C=O) groups excluding carboxylic acids is 1. The van der Waals surface area contributed by atoms with Crippen molar-refractivity contribution in [3.05, 3.63) is 84.4 Å². The van der Waals surface area contributed by atoms with E-state index in [4.69, 9.17) is 4.74 Å². The highest BCUT2D eigenvalue weighted by molar-refractivity contribution is 7.98. The lowest BCUT2D eigenvalue weighted by molar-refractivity contribution is -0.120. The molecule has 0 aliphatic carbocycles. The normalized spacial score (nSPS) is 12.1. The molecule has 0 spiro atoms. The summed E-state index contributed by atoms with van der Waals surface area (Å²) in [6.45, 7) is 3.89. The topological polar surface area (TPSA) is 75.7 Å². The Morgan fingerprint density at radius 1 is 1.00 bits per heavy atom. The summed E-state index contributed by atoms with van der Waals surface area (Å²) in [5.41, 5.74) is 1.32. The first kappa shape index (κ1) is 24.7. The number of hydrogen-bond acceptors (Lipinski definition) is 5. The Bertz CT molecular complexity index is 1150. The molecule has 174 valence electrons. The molecule has 0 bridgehead atoms. The fourth-order valence-corrected chi connectivity index (χ4v) is 5.14. The van der Waals surface area contributed by atoms with Gasteiger partial charge in [-0.05, 0) is 74.2 Å². The van der Waals surface area contributed by atoms with E-state index in [1.165, 1.54) is 11.8 Å². The van der Waals surface area contributed by atoms with Gasteiger partial charge in [-0.2, -0.15) is 0 Å². The summed E-state index contributed by atoms with van der Waals surface area (Å²) in [4.78, 5) is 14.0. The number of rotatable bonds is 10. The molecular formula is C25H28N2O4S2. The van der Waals surface area contributed by atoms with Gasteiger partial charge in [0.1, 0.15) is 12.3 Å². The van der Waals surface area contributed by atoms with Crippen LogP contribution in [0.2, 0.25) is 0 Å². The van der Waals surface area contributed by atoms with Crippen LogP contribution in [-0.4, -0.2) is 33.7 Å². The smallest absolute Gasteiger partial charge is 0.264 e. The van der Waals surface area contributed by atoms with Crippen molar-refractivity contribution in [2.75, 3.05) is 23.7 Å². The van der Waals surface area contributed by atoms with Crippen LogP contribution in [0.25, 0.3) is 0 Å². The fraction of sp³-hybridized carbons (Fsp3) is 0.240. The Labute approximate surface area is 200 Å². The summed E-state index contributed by atoms with van der Waals surface area (Å²) in [6, 6.07) is 22.6. The molecule has 0 heterocycles. The van der Waals surface area contributed by atoms with Crippen molar-refractivity contribution in [2.45, 2.75) is 29.7 Å². The van der Waals surface area contributed by atoms with Gasteiger partial charge in [0.15, 0.2) is 0 Å². The average Bonchev–Trinajstić information content (AvgIpc) is 2.84. The summed E-state index contributed by atoms with van der Waals surface area (Å²) in [5, 5.41) is 2.90. The maximum absolute atomic E-state index is 13.5. The molecule has 33 heavy (non-hydrogen) atoms. The first-order chi connectivity index (χ1) is 15.8. The van der Waals surface area contributed by atoms with Crippen LogP contribution in [0.15, 0.2) is 88.7 Å². The van der Waals surface area contributed by atoms with Crippen LogP contribution in [0.3, 0.4) is 0 Å². The van der Waals surface area contributed by atoms with Gasteiger partial charge in [0.25, 0.3) is 10.0 Å². The lowest BCUT2D eigenvalue weighted by Gasteiger charge is -2.25. The predicted octanol–water partition coefficient (Wildman–Crippen LogP) is 4.88. The van der Waals surface area contributed by atoms with Crippen molar-refractivity contribution < 1.29 is 17.9 Å². The Kier molecular flexibility index (Phi) is 8.41. The molecule has 1 unspecified atom stereocenters. The Morgan fingerprint density at radius 3 is 2.21 bits per heavy atom. The monoisotopic (exact) mass is 484 g/mol. The molecule has 0 radical (unpaired) electrons. The maximum atomic E-state index is 13.5. The van der Waals surface area contributed by atoms with Gasteiger partial charge in [0, 0.05) is 4.90 Å². The number of thioether (sulfide) groups is 1. The van der Waals surface area contributed by atoms with Crippen LogP contribution in [0.4, 0.5) is 5.69 Å². The third kappa shape index (κ3) is 6.30. The lowest BCUT2D eigenvalue weighted by Crippen LogP contribution is -2.41. The standard InChI is InChI=1S/C25H28N2O4S2/c1-4-31-22-12-10-21(11-13-22)27(33(29,30)24-16-14-23(32-3)15-17-24)18-25(28)26-19(2)20-8-6-5-7-9-20/h5-17,19H,4,18H2,1-3H3,(H,26,28). The van der Waals surface area contributed by atoms with Gasteiger partial charge in [-0.3, -0.25) is 9.10 Å². The zero-order valence-electron chi connectivity index (χ0n) is 18.9. The van der Waals surface area contributed by atoms with Gasteiger partial charge in [-0.15, -0.1) is 11.8 Å². The highest BCUT2D eigenvalue weighted by atomic mass is 32.2. The first-order valence-electron chi connectivity index (χ1n) is 10.6. The van der Waals surface area contributed by atoms with E-state index in [-0.39, 0.29) is 17.5 Å². The van der Waals surface area contributed by atoms with Crippen molar-refractivity contribution in [3.8, 4) is 5.75 Å². The van der Waals surface area contributed by atoms with Crippen LogP contribution in [0.5, 0.6) is 5.75 Å². The average molecular weight is 485 g/mol. The van der Waals surface area contributed by atoms with Crippen LogP contribution < -0.4 is 14.4 Å². The first-order valence-corrected chi connectivity index (χ1v) is 13.3. The molecule has 0 aliphatic rings. The van der Waals surface area contributed by atoms with Crippen molar-refractivity contribution in [1.82, 2.24) is 5.32 Å². The van der Waals surface area contributed by atoms with E-state index in [1.807, 2.05) is 50.4 Å². The van der Waals surface area contributed by atoms with Crippen LogP contribution in [0.1, 0.15) is 25.5 Å². The van der Waals surface area contributed by atoms with Crippen molar-refractivity contribution >= 4 is 33.4 Å². The van der Waals surface area contributed by atoms with Gasteiger partial charge < -0.3 is 10.1 Å². The quantitative estimate of drug-likeness (QED) is 0.415. The third-order valence-corrected chi connectivity index (χ3v) is 7.58. The molecule has 0 fully saturated rings. The third-order valence-electron chi connectivity index (χ3n) is 5.05. The van der Waals surface area contributed by atoms with E-state index < -0.39 is 15.9 Å². The number of anilines is 1. The van der Waals surface area contributed by atoms with E-state index in [1.54, 1.807) is 48.5 Å². The summed E-state index contributed by atoms with van der Waals surface area (Å²) in [7, 11) is -3.98. The number of benzene rings is 3. The molecule has 0 saturated heterocycles. The lowest BCUT2D eigenvalue weighted by atomic mass is 10.1. The van der Waals surface area contributed by atoms with E-state index >= 15 is 0 Å². The number of carbonyl (C=O) groups is 1. The number of sulfonamides is 1. The highest BCUT2D eigenvalue weighted by Crippen LogP contribution is 2.27. The van der Waals surface area contributed by atoms with Crippen LogP contribution in [0, 0.1) is 0 Å². The van der Waals surface area contributed by atoms with E-state index in [0.29, 0.717) is 18.0 Å². The van der Waals surface area contributed by atoms with E-state index in [0.717, 1.165) is 14.8 Å². The van der Waals surface area contributed by atoms with Crippen molar-refractivity contribution in [3.63, 3.8) is 0 Å². The molecule has 3 aromatic carbocycles. The largest absolute Gasteiger partial charge is 0.494 e. The SMILES string of the molecule is CCOc1ccc(N(CC(=O)NC(C)c2ccccc2)S(=O)(=O)c2ccc(SC)cc2)cc1. The molecule has 8 heteroatoms. The van der Waals surface area contributed by atoms with Gasteiger partial charge in [-0.25, -0.2) is 8.42 Å². The number of hydrogen-bond donors (Lipinski definition) is 1. The number of nitrogens with zero attached hydrogens (tertiary/aromatic N) is 1. The number of amides is 1. The Morgan fingerprint density at radius 2 is 1.64 bits per heavy atom. The molecule has 0 aromatic heterocycles. The summed E-state index contributed by atoms with van der Waals surface area (Å²) in [5.74, 6) is 0.231. The van der Waals surface area contributed by atoms with Gasteiger partial charge >= 0.3 is 0 Å². The maximum Gasteiger partial charge on any atom is 0.264 e. The number of ether oxygens (including phenoxy) is 1. The molecular weight excluding hydrogens is 456 g/mol. The Balaban J connectivity index is 1.89. The molecule has 6 nitrogen and oxygen atoms in total.